The Kier molecular flexibility index (Phi) is 5.91. The summed E-state index contributed by atoms with van der Waals surface area (Å²) >= 11 is 0. The highest BCUT2D eigenvalue weighted by atomic mass is 32.2. The molecule has 9 heteroatoms. The number of alkyl halides is 3. The predicted molar refractivity (Wildman–Crippen MR) is 90.2 cm³/mol. The molecule has 2 fully saturated rings. The molecule has 2 heterocycles. The van der Waals surface area contributed by atoms with E-state index in [1.54, 1.807) is 0 Å². The normalized spacial score (nSPS) is 23.4. The van der Waals surface area contributed by atoms with Crippen LogP contribution >= 0.6 is 0 Å². The van der Waals surface area contributed by atoms with Crippen molar-refractivity contribution in [3.63, 3.8) is 0 Å². The lowest BCUT2D eigenvalue weighted by Crippen LogP contribution is -2.43. The summed E-state index contributed by atoms with van der Waals surface area (Å²) in [4.78, 5) is 2.03. The number of benzene rings is 1. The Morgan fingerprint density at radius 3 is 2.54 bits per heavy atom. The third-order valence-corrected chi connectivity index (χ3v) is 6.53. The average molecular weight is 392 g/mol. The van der Waals surface area contributed by atoms with Crippen LogP contribution in [-0.2, 0) is 20.9 Å². The molecule has 3 rings (SSSR count). The van der Waals surface area contributed by atoms with Crippen molar-refractivity contribution in [2.45, 2.75) is 36.4 Å². The number of sulfonamides is 1. The number of ether oxygens (including phenoxy) is 1. The average Bonchev–Trinajstić information content (AvgIpc) is 3.15. The highest BCUT2D eigenvalue weighted by Gasteiger charge is 2.32. The third-order valence-electron chi connectivity index (χ3n) is 5.10. The van der Waals surface area contributed by atoms with Crippen LogP contribution in [0.2, 0.25) is 0 Å². The molecule has 0 spiro atoms. The molecule has 0 amide bonds. The van der Waals surface area contributed by atoms with Crippen molar-refractivity contribution in [1.29, 1.82) is 0 Å². The minimum atomic E-state index is -4.57. The molecule has 2 aliphatic heterocycles. The fourth-order valence-corrected chi connectivity index (χ4v) is 4.64. The zero-order chi connectivity index (χ0) is 18.8. The molecule has 146 valence electrons. The fraction of sp³-hybridized carbons (Fsp3) is 0.647. The van der Waals surface area contributed by atoms with Crippen molar-refractivity contribution < 1.29 is 26.3 Å². The van der Waals surface area contributed by atoms with Gasteiger partial charge in [-0.1, -0.05) is 6.07 Å². The van der Waals surface area contributed by atoms with Gasteiger partial charge in [-0.25, -0.2) is 13.1 Å². The molecule has 0 aromatic heterocycles. The lowest BCUT2D eigenvalue weighted by atomic mass is 9.96. The monoisotopic (exact) mass is 392 g/mol. The van der Waals surface area contributed by atoms with Gasteiger partial charge in [0, 0.05) is 19.2 Å². The van der Waals surface area contributed by atoms with Crippen molar-refractivity contribution in [1.82, 2.24) is 9.62 Å². The molecular weight excluding hydrogens is 369 g/mol. The summed E-state index contributed by atoms with van der Waals surface area (Å²) in [6.07, 6.45) is -1.81. The molecule has 0 radical (unpaired) electrons. The van der Waals surface area contributed by atoms with Crippen LogP contribution in [0, 0.1) is 5.92 Å². The number of piperidine rings is 1. The molecule has 1 aromatic rings. The summed E-state index contributed by atoms with van der Waals surface area (Å²) in [5, 5.41) is 0. The van der Waals surface area contributed by atoms with E-state index >= 15 is 0 Å². The maximum Gasteiger partial charge on any atom is 0.416 e. The van der Waals surface area contributed by atoms with E-state index in [0.717, 1.165) is 57.7 Å². The van der Waals surface area contributed by atoms with E-state index in [9.17, 15) is 21.6 Å². The first-order chi connectivity index (χ1) is 12.3. The molecule has 1 aromatic carbocycles. The van der Waals surface area contributed by atoms with E-state index in [1.807, 2.05) is 0 Å². The maximum absolute atomic E-state index is 12.8. The standard InChI is InChI=1S/C17H23F3N2O3S/c18-17(19,20)14-2-1-3-16(10-14)26(23,24)21-11-13-4-7-22(8-5-13)15-6-9-25-12-15/h1-3,10,13,15,21H,4-9,11-12H2/t15-/m1/s1. The Hall–Kier alpha value is -1.16. The SMILES string of the molecule is O=S(=O)(NCC1CCN([C@@H]2CCOC2)CC1)c1cccc(C(F)(F)F)c1. The van der Waals surface area contributed by atoms with Gasteiger partial charge in [-0.15, -0.1) is 0 Å². The van der Waals surface area contributed by atoms with Gasteiger partial charge < -0.3 is 4.74 Å². The first-order valence-electron chi connectivity index (χ1n) is 8.74. The van der Waals surface area contributed by atoms with Gasteiger partial charge in [-0.05, 0) is 56.5 Å². The lowest BCUT2D eigenvalue weighted by Gasteiger charge is -2.35. The highest BCUT2D eigenvalue weighted by molar-refractivity contribution is 7.89. The predicted octanol–water partition coefficient (Wildman–Crippen LogP) is 2.48. The number of nitrogens with zero attached hydrogens (tertiary/aromatic N) is 1. The third kappa shape index (κ3) is 4.76. The first kappa shape index (κ1) is 19.6. The maximum atomic E-state index is 12.8. The minimum Gasteiger partial charge on any atom is -0.380 e. The zero-order valence-electron chi connectivity index (χ0n) is 14.3. The van der Waals surface area contributed by atoms with Crippen LogP contribution in [0.5, 0.6) is 0 Å². The van der Waals surface area contributed by atoms with Gasteiger partial charge >= 0.3 is 6.18 Å². The first-order valence-corrected chi connectivity index (χ1v) is 10.2. The second-order valence-corrected chi connectivity index (χ2v) is 8.64. The molecule has 0 saturated carbocycles. The van der Waals surface area contributed by atoms with Gasteiger partial charge in [-0.2, -0.15) is 13.2 Å². The Balaban J connectivity index is 1.54. The van der Waals surface area contributed by atoms with Crippen LogP contribution in [0.25, 0.3) is 0 Å². The molecule has 0 aliphatic carbocycles. The summed E-state index contributed by atoms with van der Waals surface area (Å²) < 4.78 is 70.8. The molecule has 0 unspecified atom stereocenters. The van der Waals surface area contributed by atoms with Gasteiger partial charge in [0.15, 0.2) is 0 Å². The van der Waals surface area contributed by atoms with E-state index in [4.69, 9.17) is 4.74 Å². The summed E-state index contributed by atoms with van der Waals surface area (Å²) in [5.41, 5.74) is -0.965. The van der Waals surface area contributed by atoms with Gasteiger partial charge in [-0.3, -0.25) is 4.90 Å². The molecule has 26 heavy (non-hydrogen) atoms. The molecule has 0 bridgehead atoms. The second kappa shape index (κ2) is 7.84. The molecular formula is C17H23F3N2O3S. The van der Waals surface area contributed by atoms with Crippen LogP contribution in [0.15, 0.2) is 29.2 Å². The van der Waals surface area contributed by atoms with Crippen molar-refractivity contribution >= 4 is 10.0 Å². The minimum absolute atomic E-state index is 0.189. The molecule has 2 saturated heterocycles. The number of hydrogen-bond donors (Lipinski definition) is 1. The summed E-state index contributed by atoms with van der Waals surface area (Å²) in [6.45, 7) is 3.58. The summed E-state index contributed by atoms with van der Waals surface area (Å²) in [5.74, 6) is 0.189. The van der Waals surface area contributed by atoms with Crippen LogP contribution in [0.4, 0.5) is 13.2 Å². The Morgan fingerprint density at radius 1 is 1.19 bits per heavy atom. The Bertz CT molecular complexity index is 710. The van der Waals surface area contributed by atoms with Crippen LogP contribution in [-0.4, -0.2) is 52.2 Å². The van der Waals surface area contributed by atoms with Gasteiger partial charge in [0.25, 0.3) is 0 Å². The molecule has 1 N–H and O–H groups in total. The van der Waals surface area contributed by atoms with Gasteiger partial charge in [0.2, 0.25) is 10.0 Å². The Morgan fingerprint density at radius 2 is 1.92 bits per heavy atom. The fourth-order valence-electron chi connectivity index (χ4n) is 3.48. The van der Waals surface area contributed by atoms with Crippen molar-refractivity contribution in [3.8, 4) is 0 Å². The van der Waals surface area contributed by atoms with Crippen LogP contribution in [0.1, 0.15) is 24.8 Å². The molecule has 5 nitrogen and oxygen atoms in total. The van der Waals surface area contributed by atoms with Gasteiger partial charge in [0.05, 0.1) is 17.1 Å². The topological polar surface area (TPSA) is 58.6 Å². The van der Waals surface area contributed by atoms with E-state index in [0.29, 0.717) is 12.1 Å². The Labute approximate surface area is 151 Å². The molecule has 2 aliphatic rings. The van der Waals surface area contributed by atoms with Crippen LogP contribution in [0.3, 0.4) is 0 Å². The van der Waals surface area contributed by atoms with E-state index in [-0.39, 0.29) is 17.4 Å². The lowest BCUT2D eigenvalue weighted by molar-refractivity contribution is -0.137. The van der Waals surface area contributed by atoms with E-state index in [2.05, 4.69) is 9.62 Å². The highest BCUT2D eigenvalue weighted by Crippen LogP contribution is 2.30. The number of rotatable bonds is 5. The quantitative estimate of drug-likeness (QED) is 0.837. The summed E-state index contributed by atoms with van der Waals surface area (Å²) in [6, 6.07) is 4.28. The number of halogens is 3. The van der Waals surface area contributed by atoms with Crippen LogP contribution < -0.4 is 4.72 Å². The smallest absolute Gasteiger partial charge is 0.380 e. The van der Waals surface area contributed by atoms with Crippen molar-refractivity contribution in [3.05, 3.63) is 29.8 Å². The van der Waals surface area contributed by atoms with Crippen molar-refractivity contribution in [2.24, 2.45) is 5.92 Å². The number of nitrogens with one attached hydrogen (secondary N) is 1. The number of hydrogen-bond acceptors (Lipinski definition) is 4. The van der Waals surface area contributed by atoms with E-state index < -0.39 is 21.8 Å². The largest absolute Gasteiger partial charge is 0.416 e. The van der Waals surface area contributed by atoms with Crippen molar-refractivity contribution in [2.75, 3.05) is 32.8 Å². The van der Waals surface area contributed by atoms with E-state index in [1.165, 1.54) is 6.07 Å². The van der Waals surface area contributed by atoms with Gasteiger partial charge in [0.1, 0.15) is 0 Å². The zero-order valence-corrected chi connectivity index (χ0v) is 15.2. The second-order valence-electron chi connectivity index (χ2n) is 6.87. The summed E-state index contributed by atoms with van der Waals surface area (Å²) in [7, 11) is -3.96. The molecule has 1 atom stereocenters. The number of likely N-dealkylation sites (tertiary alicyclic amines) is 1.